The van der Waals surface area contributed by atoms with E-state index in [1.54, 1.807) is 12.1 Å². The first-order valence-electron chi connectivity index (χ1n) is 5.59. The van der Waals surface area contributed by atoms with E-state index in [2.05, 4.69) is 31.1 Å². The molecule has 0 nitrogen and oxygen atoms in total. The number of hydrogen-bond acceptors (Lipinski definition) is 0. The third-order valence-corrected chi connectivity index (χ3v) is 3.50. The number of rotatable bonds is 2. The fraction of sp³-hybridized carbons (Fsp3) is 0.333. The zero-order valence-electron chi connectivity index (χ0n) is 10.5. The van der Waals surface area contributed by atoms with Crippen molar-refractivity contribution >= 4 is 37.6 Å². The molecule has 1 aromatic rings. The van der Waals surface area contributed by atoms with Crippen LogP contribution in [0.4, 0.5) is 12.9 Å². The fourth-order valence-electron chi connectivity index (χ4n) is 1.37. The molecule has 0 aliphatic rings. The molecule has 0 saturated carbocycles. The molecular formula is C12H14BF3ISi-. The number of halogens is 4. The zero-order chi connectivity index (χ0) is 14.0. The van der Waals surface area contributed by atoms with Gasteiger partial charge in [0.15, 0.2) is 0 Å². The zero-order valence-corrected chi connectivity index (χ0v) is 13.7. The number of hydrogen-bond donors (Lipinski definition) is 0. The molecule has 0 fully saturated rings. The van der Waals surface area contributed by atoms with Crippen LogP contribution in [-0.2, 0) is 6.32 Å². The topological polar surface area (TPSA) is 0 Å². The second kappa shape index (κ2) is 5.70. The predicted octanol–water partition coefficient (Wildman–Crippen LogP) is 4.45. The first kappa shape index (κ1) is 15.6. The van der Waals surface area contributed by atoms with Crippen molar-refractivity contribution < 1.29 is 12.9 Å². The minimum atomic E-state index is -4.79. The molecule has 0 atom stereocenters. The molecule has 0 radical (unpaired) electrons. The van der Waals surface area contributed by atoms with Gasteiger partial charge in [0.05, 0.1) is 0 Å². The van der Waals surface area contributed by atoms with Gasteiger partial charge in [0.1, 0.15) is 8.07 Å². The molecule has 0 heterocycles. The highest BCUT2D eigenvalue weighted by Gasteiger charge is 2.23. The highest BCUT2D eigenvalue weighted by atomic mass is 127. The minimum Gasteiger partial charge on any atom is -0.449 e. The van der Waals surface area contributed by atoms with Gasteiger partial charge in [-0.1, -0.05) is 37.4 Å². The molecule has 0 spiro atoms. The van der Waals surface area contributed by atoms with Crippen LogP contribution in [0.1, 0.15) is 11.1 Å². The standard InChI is InChI=1S/C12H14BF3ISi/c1-18(2,3)5-4-10-6-11(8-12(17)7-10)9-13(14,15)16/h6-8H,9H2,1-3H3/q-1. The highest BCUT2D eigenvalue weighted by molar-refractivity contribution is 14.1. The largest absolute Gasteiger partial charge is 0.482 e. The van der Waals surface area contributed by atoms with Gasteiger partial charge in [-0.05, 0) is 40.8 Å². The molecule has 18 heavy (non-hydrogen) atoms. The van der Waals surface area contributed by atoms with Gasteiger partial charge < -0.3 is 12.9 Å². The van der Waals surface area contributed by atoms with Gasteiger partial charge >= 0.3 is 6.98 Å². The summed E-state index contributed by atoms with van der Waals surface area (Å²) in [5.74, 6) is 3.00. The Morgan fingerprint density at radius 1 is 1.17 bits per heavy atom. The Balaban J connectivity index is 3.04. The molecule has 98 valence electrons. The van der Waals surface area contributed by atoms with E-state index in [0.717, 1.165) is 3.57 Å². The summed E-state index contributed by atoms with van der Waals surface area (Å²) < 4.78 is 38.0. The van der Waals surface area contributed by atoms with Crippen molar-refractivity contribution in [2.75, 3.05) is 0 Å². The second-order valence-electron chi connectivity index (χ2n) is 5.26. The van der Waals surface area contributed by atoms with Gasteiger partial charge in [0.2, 0.25) is 0 Å². The monoisotopic (exact) mass is 381 g/mol. The Morgan fingerprint density at radius 3 is 2.28 bits per heavy atom. The summed E-state index contributed by atoms with van der Waals surface area (Å²) in [6.07, 6.45) is -0.835. The van der Waals surface area contributed by atoms with Gasteiger partial charge in [-0.25, -0.2) is 0 Å². The van der Waals surface area contributed by atoms with Crippen LogP contribution in [0.25, 0.3) is 0 Å². The summed E-state index contributed by atoms with van der Waals surface area (Å²) in [4.78, 5) is 0. The summed E-state index contributed by atoms with van der Waals surface area (Å²) in [6, 6.07) is 4.93. The molecule has 0 aliphatic heterocycles. The average Bonchev–Trinajstić information content (AvgIpc) is 2.09. The Morgan fingerprint density at radius 2 is 1.78 bits per heavy atom. The molecule has 0 unspecified atom stereocenters. The van der Waals surface area contributed by atoms with E-state index in [1.807, 2.05) is 28.7 Å². The quantitative estimate of drug-likeness (QED) is 0.404. The second-order valence-corrected chi connectivity index (χ2v) is 11.3. The van der Waals surface area contributed by atoms with Crippen LogP contribution < -0.4 is 0 Å². The van der Waals surface area contributed by atoms with E-state index >= 15 is 0 Å². The smallest absolute Gasteiger partial charge is 0.449 e. The van der Waals surface area contributed by atoms with Crippen molar-refractivity contribution in [2.24, 2.45) is 0 Å². The van der Waals surface area contributed by atoms with Gasteiger partial charge in [0, 0.05) is 9.13 Å². The Hall–Kier alpha value is -0.418. The summed E-state index contributed by atoms with van der Waals surface area (Å²) in [5.41, 5.74) is 4.15. The third kappa shape index (κ3) is 6.50. The molecule has 0 aromatic heterocycles. The average molecular weight is 381 g/mol. The molecule has 0 saturated heterocycles. The van der Waals surface area contributed by atoms with Crippen molar-refractivity contribution in [3.05, 3.63) is 32.9 Å². The van der Waals surface area contributed by atoms with Crippen LogP contribution in [0, 0.1) is 15.0 Å². The maximum atomic E-state index is 12.4. The fourth-order valence-corrected chi connectivity index (χ4v) is 2.62. The van der Waals surface area contributed by atoms with Gasteiger partial charge in [0.25, 0.3) is 0 Å². The summed E-state index contributed by atoms with van der Waals surface area (Å²) in [5, 5.41) is 0. The van der Waals surface area contributed by atoms with E-state index < -0.39 is 21.4 Å². The lowest BCUT2D eigenvalue weighted by Gasteiger charge is -2.14. The highest BCUT2D eigenvalue weighted by Crippen LogP contribution is 2.19. The van der Waals surface area contributed by atoms with Crippen molar-refractivity contribution in [2.45, 2.75) is 26.0 Å². The van der Waals surface area contributed by atoms with Crippen molar-refractivity contribution in [3.63, 3.8) is 0 Å². The Labute approximate surface area is 121 Å². The predicted molar refractivity (Wildman–Crippen MR) is 82.2 cm³/mol. The molecule has 6 heteroatoms. The lowest BCUT2D eigenvalue weighted by atomic mass is 9.81. The first-order valence-corrected chi connectivity index (χ1v) is 10.2. The van der Waals surface area contributed by atoms with Crippen molar-refractivity contribution in [3.8, 4) is 11.5 Å². The van der Waals surface area contributed by atoms with Gasteiger partial charge in [-0.15, -0.1) is 5.54 Å². The SMILES string of the molecule is C[Si](C)(C)C#Cc1cc(I)cc(C[B-](F)(F)F)c1. The first-order chi connectivity index (χ1) is 8.05. The van der Waals surface area contributed by atoms with E-state index in [1.165, 1.54) is 0 Å². The van der Waals surface area contributed by atoms with Crippen molar-refractivity contribution in [1.29, 1.82) is 0 Å². The Kier molecular flexibility index (Phi) is 4.95. The van der Waals surface area contributed by atoms with Gasteiger partial charge in [-0.2, -0.15) is 0 Å². The van der Waals surface area contributed by atoms with E-state index in [-0.39, 0.29) is 0 Å². The van der Waals surface area contributed by atoms with Crippen LogP contribution in [0.15, 0.2) is 18.2 Å². The van der Waals surface area contributed by atoms with E-state index in [0.29, 0.717) is 11.1 Å². The maximum Gasteiger partial charge on any atom is 0.482 e. The van der Waals surface area contributed by atoms with E-state index in [9.17, 15) is 12.9 Å². The molecule has 0 N–H and O–H groups in total. The van der Waals surface area contributed by atoms with Crippen LogP contribution in [0.5, 0.6) is 0 Å². The Bertz CT molecular complexity index is 495. The molecule has 0 aliphatic carbocycles. The van der Waals surface area contributed by atoms with Crippen LogP contribution in [0.2, 0.25) is 19.6 Å². The van der Waals surface area contributed by atoms with Crippen LogP contribution in [0.3, 0.4) is 0 Å². The molecule has 1 rings (SSSR count). The molecule has 0 bridgehead atoms. The normalized spacial score (nSPS) is 11.9. The number of benzene rings is 1. The summed E-state index contributed by atoms with van der Waals surface area (Å²) >= 11 is 2.03. The summed E-state index contributed by atoms with van der Waals surface area (Å²) in [7, 11) is -1.50. The molecule has 1 aromatic carbocycles. The van der Waals surface area contributed by atoms with Gasteiger partial charge in [-0.3, -0.25) is 0 Å². The van der Waals surface area contributed by atoms with Crippen LogP contribution >= 0.6 is 22.6 Å². The van der Waals surface area contributed by atoms with Crippen molar-refractivity contribution in [1.82, 2.24) is 0 Å². The van der Waals surface area contributed by atoms with Crippen LogP contribution in [-0.4, -0.2) is 15.1 Å². The molecule has 0 amide bonds. The lowest BCUT2D eigenvalue weighted by molar-refractivity contribution is 0.468. The third-order valence-electron chi connectivity index (χ3n) is 2.01. The molecular weight excluding hydrogens is 367 g/mol. The minimum absolute atomic E-state index is 0.300. The summed E-state index contributed by atoms with van der Waals surface area (Å²) in [6.45, 7) is 1.52. The van der Waals surface area contributed by atoms with E-state index in [4.69, 9.17) is 0 Å². The maximum absolute atomic E-state index is 12.4. The lowest BCUT2D eigenvalue weighted by Crippen LogP contribution is -2.19.